The van der Waals surface area contributed by atoms with Crippen molar-refractivity contribution in [3.63, 3.8) is 0 Å². The molecule has 0 bridgehead atoms. The number of nitrogens with two attached hydrogens (primary N) is 1. The SMILES string of the molecule is CSc1nnc(Cc2ccc(OC(C)C)cc2)c(=O)n1N. The zero-order chi connectivity index (χ0) is 15.4. The maximum Gasteiger partial charge on any atom is 0.294 e. The van der Waals surface area contributed by atoms with Gasteiger partial charge < -0.3 is 10.6 Å². The first-order valence-corrected chi connectivity index (χ1v) is 7.77. The monoisotopic (exact) mass is 306 g/mol. The molecule has 0 saturated heterocycles. The lowest BCUT2D eigenvalue weighted by Gasteiger charge is -2.10. The van der Waals surface area contributed by atoms with Crippen LogP contribution in [0.5, 0.6) is 5.75 Å². The number of nitrogen functional groups attached to an aromatic ring is 1. The number of hydrogen-bond donors (Lipinski definition) is 1. The fourth-order valence-corrected chi connectivity index (χ4v) is 2.22. The van der Waals surface area contributed by atoms with E-state index < -0.39 is 0 Å². The minimum absolute atomic E-state index is 0.130. The van der Waals surface area contributed by atoms with Gasteiger partial charge in [0.1, 0.15) is 11.4 Å². The minimum Gasteiger partial charge on any atom is -0.491 e. The molecule has 1 aromatic heterocycles. The van der Waals surface area contributed by atoms with Crippen LogP contribution in [0.3, 0.4) is 0 Å². The van der Waals surface area contributed by atoms with Gasteiger partial charge in [0.2, 0.25) is 5.16 Å². The molecular weight excluding hydrogens is 288 g/mol. The summed E-state index contributed by atoms with van der Waals surface area (Å²) in [5.41, 5.74) is 0.957. The number of benzene rings is 1. The van der Waals surface area contributed by atoms with E-state index in [1.54, 1.807) is 6.26 Å². The van der Waals surface area contributed by atoms with Crippen LogP contribution in [-0.4, -0.2) is 27.2 Å². The quantitative estimate of drug-likeness (QED) is 0.665. The van der Waals surface area contributed by atoms with Gasteiger partial charge in [-0.25, -0.2) is 0 Å². The first kappa shape index (κ1) is 15.4. The van der Waals surface area contributed by atoms with Gasteiger partial charge in [0.25, 0.3) is 5.56 Å². The molecule has 2 rings (SSSR count). The Bertz CT molecular complexity index is 668. The average molecular weight is 306 g/mol. The fraction of sp³-hybridized carbons (Fsp3) is 0.357. The first-order valence-electron chi connectivity index (χ1n) is 6.54. The second-order valence-corrected chi connectivity index (χ2v) is 5.57. The zero-order valence-corrected chi connectivity index (χ0v) is 13.1. The summed E-state index contributed by atoms with van der Waals surface area (Å²) in [4.78, 5) is 12.1. The second kappa shape index (κ2) is 6.62. The van der Waals surface area contributed by atoms with Gasteiger partial charge >= 0.3 is 0 Å². The maximum absolute atomic E-state index is 12.1. The molecule has 0 aliphatic carbocycles. The molecular formula is C14H18N4O2S. The summed E-state index contributed by atoms with van der Waals surface area (Å²) in [6, 6.07) is 7.56. The lowest BCUT2D eigenvalue weighted by Crippen LogP contribution is -2.33. The molecule has 0 saturated carbocycles. The fourth-order valence-electron chi connectivity index (χ4n) is 1.82. The van der Waals surface area contributed by atoms with Gasteiger partial charge in [-0.2, -0.15) is 4.68 Å². The average Bonchev–Trinajstić information content (AvgIpc) is 2.45. The largest absolute Gasteiger partial charge is 0.491 e. The Labute approximate surface area is 127 Å². The number of nitrogens with zero attached hydrogens (tertiary/aromatic N) is 3. The maximum atomic E-state index is 12.1. The summed E-state index contributed by atoms with van der Waals surface area (Å²) in [5.74, 6) is 6.49. The minimum atomic E-state index is -0.322. The van der Waals surface area contributed by atoms with E-state index in [9.17, 15) is 4.79 Å². The molecule has 0 aliphatic rings. The molecule has 2 N–H and O–H groups in total. The van der Waals surface area contributed by atoms with Crippen molar-refractivity contribution in [2.45, 2.75) is 31.5 Å². The predicted octanol–water partition coefficient (Wildman–Crippen LogP) is 1.45. The van der Waals surface area contributed by atoms with E-state index in [1.165, 1.54) is 11.8 Å². The highest BCUT2D eigenvalue weighted by atomic mass is 32.2. The topological polar surface area (TPSA) is 83.0 Å². The van der Waals surface area contributed by atoms with Crippen molar-refractivity contribution in [3.05, 3.63) is 45.9 Å². The molecule has 2 aromatic rings. The smallest absolute Gasteiger partial charge is 0.294 e. The van der Waals surface area contributed by atoms with E-state index in [0.29, 0.717) is 17.3 Å². The van der Waals surface area contributed by atoms with Crippen LogP contribution in [0.25, 0.3) is 0 Å². The molecule has 1 aromatic carbocycles. The van der Waals surface area contributed by atoms with Crippen molar-refractivity contribution in [1.82, 2.24) is 14.9 Å². The molecule has 112 valence electrons. The number of aromatic nitrogens is 3. The Hall–Kier alpha value is -2.02. The predicted molar refractivity (Wildman–Crippen MR) is 83.2 cm³/mol. The lowest BCUT2D eigenvalue weighted by atomic mass is 10.1. The van der Waals surface area contributed by atoms with Gasteiger partial charge in [0.05, 0.1) is 6.10 Å². The van der Waals surface area contributed by atoms with Gasteiger partial charge in [-0.05, 0) is 37.8 Å². The summed E-state index contributed by atoms with van der Waals surface area (Å²) in [6.07, 6.45) is 2.31. The van der Waals surface area contributed by atoms with Gasteiger partial charge in [-0.1, -0.05) is 23.9 Å². The molecule has 0 unspecified atom stereocenters. The third-order valence-electron chi connectivity index (χ3n) is 2.78. The Kier molecular flexibility index (Phi) is 4.85. The molecule has 1 heterocycles. The van der Waals surface area contributed by atoms with Crippen molar-refractivity contribution >= 4 is 11.8 Å². The highest BCUT2D eigenvalue weighted by Gasteiger charge is 2.10. The number of ether oxygens (including phenoxy) is 1. The standard InChI is InChI=1S/C14H18N4O2S/c1-9(2)20-11-6-4-10(5-7-11)8-12-13(19)18(15)14(21-3)17-16-12/h4-7,9H,8,15H2,1-3H3. The summed E-state index contributed by atoms with van der Waals surface area (Å²) < 4.78 is 6.61. The van der Waals surface area contributed by atoms with Crippen molar-refractivity contribution in [1.29, 1.82) is 0 Å². The number of rotatable bonds is 5. The molecule has 0 radical (unpaired) electrons. The Morgan fingerprint density at radius 2 is 1.95 bits per heavy atom. The summed E-state index contributed by atoms with van der Waals surface area (Å²) in [5, 5.41) is 8.29. The van der Waals surface area contributed by atoms with Crippen LogP contribution in [0.2, 0.25) is 0 Å². The van der Waals surface area contributed by atoms with Crippen LogP contribution >= 0.6 is 11.8 Å². The molecule has 6 nitrogen and oxygen atoms in total. The van der Waals surface area contributed by atoms with E-state index in [-0.39, 0.29) is 11.7 Å². The highest BCUT2D eigenvalue weighted by molar-refractivity contribution is 7.98. The Balaban J connectivity index is 2.19. The van der Waals surface area contributed by atoms with Crippen LogP contribution in [0.15, 0.2) is 34.2 Å². The van der Waals surface area contributed by atoms with E-state index in [2.05, 4.69) is 10.2 Å². The summed E-state index contributed by atoms with van der Waals surface area (Å²) >= 11 is 1.28. The van der Waals surface area contributed by atoms with Crippen molar-refractivity contribution in [2.75, 3.05) is 12.1 Å². The van der Waals surface area contributed by atoms with Crippen LogP contribution in [0.1, 0.15) is 25.1 Å². The van der Waals surface area contributed by atoms with Crippen LogP contribution in [0, 0.1) is 0 Å². The summed E-state index contributed by atoms with van der Waals surface area (Å²) in [7, 11) is 0. The lowest BCUT2D eigenvalue weighted by molar-refractivity contribution is 0.242. The molecule has 0 atom stereocenters. The molecule has 21 heavy (non-hydrogen) atoms. The van der Waals surface area contributed by atoms with Gasteiger partial charge in [-0.15, -0.1) is 10.2 Å². The number of thioether (sulfide) groups is 1. The van der Waals surface area contributed by atoms with E-state index in [0.717, 1.165) is 16.0 Å². The van der Waals surface area contributed by atoms with Crippen LogP contribution in [0.4, 0.5) is 0 Å². The third kappa shape index (κ3) is 3.75. The zero-order valence-electron chi connectivity index (χ0n) is 12.2. The highest BCUT2D eigenvalue weighted by Crippen LogP contribution is 2.15. The van der Waals surface area contributed by atoms with Gasteiger partial charge in [-0.3, -0.25) is 4.79 Å². The van der Waals surface area contributed by atoms with Gasteiger partial charge in [0.15, 0.2) is 0 Å². The molecule has 7 heteroatoms. The van der Waals surface area contributed by atoms with Crippen molar-refractivity contribution in [2.24, 2.45) is 0 Å². The molecule has 0 spiro atoms. The van der Waals surface area contributed by atoms with E-state index in [1.807, 2.05) is 38.1 Å². The Morgan fingerprint density at radius 3 is 2.52 bits per heavy atom. The van der Waals surface area contributed by atoms with E-state index >= 15 is 0 Å². The molecule has 0 aliphatic heterocycles. The van der Waals surface area contributed by atoms with Gasteiger partial charge in [0, 0.05) is 6.42 Å². The summed E-state index contributed by atoms with van der Waals surface area (Å²) in [6.45, 7) is 3.95. The number of hydrogen-bond acceptors (Lipinski definition) is 6. The normalized spacial score (nSPS) is 10.9. The van der Waals surface area contributed by atoms with Crippen LogP contribution < -0.4 is 16.1 Å². The van der Waals surface area contributed by atoms with Crippen molar-refractivity contribution in [3.8, 4) is 5.75 Å². The third-order valence-corrected chi connectivity index (χ3v) is 3.42. The van der Waals surface area contributed by atoms with E-state index in [4.69, 9.17) is 10.6 Å². The second-order valence-electron chi connectivity index (χ2n) is 4.80. The Morgan fingerprint density at radius 1 is 1.29 bits per heavy atom. The van der Waals surface area contributed by atoms with Crippen molar-refractivity contribution < 1.29 is 4.74 Å². The molecule has 0 amide bonds. The van der Waals surface area contributed by atoms with Crippen LogP contribution in [-0.2, 0) is 6.42 Å². The molecule has 0 fully saturated rings. The first-order chi connectivity index (χ1) is 10.0.